The van der Waals surface area contributed by atoms with Crippen molar-refractivity contribution in [2.24, 2.45) is 0 Å². The zero-order valence-corrected chi connectivity index (χ0v) is 16.5. The number of halogens is 1. The average molecular weight is 390 g/mol. The number of hydrogen-bond acceptors (Lipinski definition) is 3. The summed E-state index contributed by atoms with van der Waals surface area (Å²) in [5.41, 5.74) is 2.06. The molecule has 2 aromatic rings. The van der Waals surface area contributed by atoms with Crippen molar-refractivity contribution in [3.63, 3.8) is 0 Å². The number of benzene rings is 2. The fraction of sp³-hybridized carbons (Fsp3) is 0.381. The van der Waals surface area contributed by atoms with E-state index in [1.165, 1.54) is 4.90 Å². The highest BCUT2D eigenvalue weighted by atomic mass is 35.5. The number of nitrogens with one attached hydrogen (secondary N) is 2. The summed E-state index contributed by atoms with van der Waals surface area (Å²) in [6, 6.07) is 13.7. The minimum absolute atomic E-state index is 0.0318. The van der Waals surface area contributed by atoms with Gasteiger partial charge < -0.3 is 19.7 Å². The van der Waals surface area contributed by atoms with E-state index in [0.717, 1.165) is 42.0 Å². The van der Waals surface area contributed by atoms with Gasteiger partial charge in [0.1, 0.15) is 17.5 Å². The molecule has 1 unspecified atom stereocenters. The number of quaternary nitrogens is 1. The van der Waals surface area contributed by atoms with Crippen LogP contribution in [0.4, 0.5) is 0 Å². The summed E-state index contributed by atoms with van der Waals surface area (Å²) in [5, 5.41) is 3.66. The Morgan fingerprint density at radius 2 is 2.04 bits per heavy atom. The topological polar surface area (TPSA) is 52.0 Å². The number of methoxy groups -OCH3 is 2. The molecular formula is C21H26ClN2O3+. The van der Waals surface area contributed by atoms with Gasteiger partial charge in [-0.3, -0.25) is 4.79 Å². The van der Waals surface area contributed by atoms with Crippen molar-refractivity contribution in [3.05, 3.63) is 58.6 Å². The quantitative estimate of drug-likeness (QED) is 0.764. The molecule has 3 rings (SSSR count). The van der Waals surface area contributed by atoms with Crippen LogP contribution in [0.2, 0.25) is 5.02 Å². The van der Waals surface area contributed by atoms with Gasteiger partial charge in [-0.1, -0.05) is 29.8 Å². The molecule has 5 nitrogen and oxygen atoms in total. The molecular weight excluding hydrogens is 364 g/mol. The first-order valence-corrected chi connectivity index (χ1v) is 9.56. The van der Waals surface area contributed by atoms with Crippen LogP contribution in [-0.2, 0) is 11.3 Å². The fourth-order valence-corrected chi connectivity index (χ4v) is 3.91. The molecule has 0 aromatic heterocycles. The third-order valence-corrected chi connectivity index (χ3v) is 5.49. The van der Waals surface area contributed by atoms with E-state index in [9.17, 15) is 4.79 Å². The Balaban J connectivity index is 1.64. The molecule has 2 aromatic carbocycles. The molecule has 27 heavy (non-hydrogen) atoms. The van der Waals surface area contributed by atoms with E-state index in [2.05, 4.69) is 11.4 Å². The Hall–Kier alpha value is -2.24. The molecule has 1 amide bonds. The van der Waals surface area contributed by atoms with Gasteiger partial charge in [-0.05, 0) is 23.8 Å². The van der Waals surface area contributed by atoms with E-state index >= 15 is 0 Å². The number of carbonyl (C=O) groups is 1. The lowest BCUT2D eigenvalue weighted by atomic mass is 10.0. The van der Waals surface area contributed by atoms with Gasteiger partial charge in [-0.25, -0.2) is 0 Å². The molecule has 0 saturated carbocycles. The molecule has 1 heterocycles. The van der Waals surface area contributed by atoms with Gasteiger partial charge in [-0.2, -0.15) is 0 Å². The van der Waals surface area contributed by atoms with Crippen LogP contribution in [0.25, 0.3) is 0 Å². The number of hydrogen-bond donors (Lipinski definition) is 2. The second-order valence-corrected chi connectivity index (χ2v) is 7.16. The van der Waals surface area contributed by atoms with Gasteiger partial charge in [0.05, 0.1) is 26.3 Å². The minimum Gasteiger partial charge on any atom is -0.497 e. The second kappa shape index (κ2) is 9.11. The van der Waals surface area contributed by atoms with E-state index in [1.54, 1.807) is 14.2 Å². The molecule has 2 atom stereocenters. The van der Waals surface area contributed by atoms with Crippen LogP contribution in [0.5, 0.6) is 11.5 Å². The Labute approximate surface area is 165 Å². The van der Waals surface area contributed by atoms with Crippen LogP contribution in [0, 0.1) is 0 Å². The molecule has 1 fully saturated rings. The van der Waals surface area contributed by atoms with Gasteiger partial charge in [0, 0.05) is 30.5 Å². The van der Waals surface area contributed by atoms with Crippen LogP contribution in [-0.4, -0.2) is 33.2 Å². The average Bonchev–Trinajstić information content (AvgIpc) is 3.14. The Bertz CT molecular complexity index is 797. The summed E-state index contributed by atoms with van der Waals surface area (Å²) in [5.74, 6) is 1.62. The standard InChI is InChI=1S/C21H25ClN2O3/c1-26-16-9-10-17(20(12-16)27-2)19-8-5-11-24(19)14-21(25)23-13-15-6-3-4-7-18(15)22/h3-4,6-7,9-10,12,19H,5,8,11,13-14H2,1-2H3,(H,23,25)/p+1/t19-/m1/s1. The van der Waals surface area contributed by atoms with E-state index in [-0.39, 0.29) is 11.9 Å². The number of rotatable bonds is 7. The summed E-state index contributed by atoms with van der Waals surface area (Å²) in [6.45, 7) is 1.85. The minimum atomic E-state index is 0.0318. The van der Waals surface area contributed by atoms with Gasteiger partial charge in [-0.15, -0.1) is 0 Å². The molecule has 0 radical (unpaired) electrons. The van der Waals surface area contributed by atoms with Crippen molar-refractivity contribution in [1.82, 2.24) is 5.32 Å². The van der Waals surface area contributed by atoms with E-state index in [1.807, 2.05) is 36.4 Å². The van der Waals surface area contributed by atoms with E-state index in [0.29, 0.717) is 18.1 Å². The predicted octanol–water partition coefficient (Wildman–Crippen LogP) is 2.39. The maximum absolute atomic E-state index is 12.5. The molecule has 144 valence electrons. The summed E-state index contributed by atoms with van der Waals surface area (Å²) in [6.07, 6.45) is 2.13. The van der Waals surface area contributed by atoms with Crippen LogP contribution in [0.15, 0.2) is 42.5 Å². The van der Waals surface area contributed by atoms with Crippen LogP contribution in [0.3, 0.4) is 0 Å². The highest BCUT2D eigenvalue weighted by molar-refractivity contribution is 6.31. The maximum Gasteiger partial charge on any atom is 0.275 e. The Morgan fingerprint density at radius 3 is 2.78 bits per heavy atom. The van der Waals surface area contributed by atoms with Gasteiger partial charge in [0.15, 0.2) is 6.54 Å². The van der Waals surface area contributed by atoms with Crippen LogP contribution >= 0.6 is 11.6 Å². The molecule has 0 spiro atoms. The van der Waals surface area contributed by atoms with Crippen molar-refractivity contribution < 1.29 is 19.2 Å². The zero-order valence-electron chi connectivity index (χ0n) is 15.8. The predicted molar refractivity (Wildman–Crippen MR) is 106 cm³/mol. The van der Waals surface area contributed by atoms with Crippen molar-refractivity contribution in [3.8, 4) is 11.5 Å². The van der Waals surface area contributed by atoms with Crippen LogP contribution in [0.1, 0.15) is 30.0 Å². The molecule has 1 saturated heterocycles. The lowest BCUT2D eigenvalue weighted by Gasteiger charge is -2.23. The summed E-state index contributed by atoms with van der Waals surface area (Å²) < 4.78 is 10.9. The smallest absolute Gasteiger partial charge is 0.275 e. The Morgan fingerprint density at radius 1 is 1.22 bits per heavy atom. The first-order valence-electron chi connectivity index (χ1n) is 9.19. The molecule has 1 aliphatic heterocycles. The van der Waals surface area contributed by atoms with Gasteiger partial charge in [0.2, 0.25) is 0 Å². The summed E-state index contributed by atoms with van der Waals surface area (Å²) >= 11 is 6.16. The molecule has 0 aliphatic carbocycles. The van der Waals surface area contributed by atoms with Crippen molar-refractivity contribution in [1.29, 1.82) is 0 Å². The van der Waals surface area contributed by atoms with E-state index in [4.69, 9.17) is 21.1 Å². The molecule has 1 aliphatic rings. The van der Waals surface area contributed by atoms with Crippen molar-refractivity contribution >= 4 is 17.5 Å². The first kappa shape index (κ1) is 19.5. The Kier molecular flexibility index (Phi) is 6.58. The lowest BCUT2D eigenvalue weighted by molar-refractivity contribution is -0.910. The van der Waals surface area contributed by atoms with E-state index < -0.39 is 0 Å². The SMILES string of the molecule is COc1ccc([C@H]2CCC[NH+]2CC(=O)NCc2ccccc2Cl)c(OC)c1. The third kappa shape index (κ3) is 4.73. The summed E-state index contributed by atoms with van der Waals surface area (Å²) in [7, 11) is 3.31. The van der Waals surface area contributed by atoms with Gasteiger partial charge in [0.25, 0.3) is 5.91 Å². The molecule has 0 bridgehead atoms. The highest BCUT2D eigenvalue weighted by Crippen LogP contribution is 2.31. The highest BCUT2D eigenvalue weighted by Gasteiger charge is 2.33. The normalized spacial score (nSPS) is 18.9. The van der Waals surface area contributed by atoms with Gasteiger partial charge >= 0.3 is 0 Å². The van der Waals surface area contributed by atoms with Crippen LogP contribution < -0.4 is 19.7 Å². The number of likely N-dealkylation sites (tertiary alicyclic amines) is 1. The van der Waals surface area contributed by atoms with Crippen molar-refractivity contribution in [2.45, 2.75) is 25.4 Å². The lowest BCUT2D eigenvalue weighted by Crippen LogP contribution is -3.11. The fourth-order valence-electron chi connectivity index (χ4n) is 3.71. The number of ether oxygens (including phenoxy) is 2. The zero-order chi connectivity index (χ0) is 19.2. The number of amides is 1. The monoisotopic (exact) mass is 389 g/mol. The third-order valence-electron chi connectivity index (χ3n) is 5.12. The molecule has 2 N–H and O–H groups in total. The van der Waals surface area contributed by atoms with Crippen molar-refractivity contribution in [2.75, 3.05) is 27.3 Å². The number of carbonyl (C=O) groups excluding carboxylic acids is 1. The largest absolute Gasteiger partial charge is 0.497 e. The second-order valence-electron chi connectivity index (χ2n) is 6.76. The summed E-state index contributed by atoms with van der Waals surface area (Å²) in [4.78, 5) is 13.7. The maximum atomic E-state index is 12.5. The first-order chi connectivity index (χ1) is 13.1. The molecule has 6 heteroatoms.